The van der Waals surface area contributed by atoms with Crippen molar-refractivity contribution < 1.29 is 4.74 Å². The molecule has 0 radical (unpaired) electrons. The van der Waals surface area contributed by atoms with E-state index in [1.54, 1.807) is 12.1 Å². The molecular weight excluding hydrogens is 254 g/mol. The Labute approximate surface area is 120 Å². The molecule has 102 valence electrons. The minimum absolute atomic E-state index is 0.679. The van der Waals surface area contributed by atoms with Gasteiger partial charge >= 0.3 is 0 Å². The van der Waals surface area contributed by atoms with Gasteiger partial charge in [-0.05, 0) is 43.0 Å². The number of nitrogens with zero attached hydrogens (tertiary/aromatic N) is 1. The van der Waals surface area contributed by atoms with E-state index < -0.39 is 0 Å². The molecular formula is C16H21NOS. The summed E-state index contributed by atoms with van der Waals surface area (Å²) in [4.78, 5) is 0. The van der Waals surface area contributed by atoms with Crippen molar-refractivity contribution in [3.8, 4) is 11.8 Å². The SMILES string of the molecule is CC1CCCC(SCCOc2ccc(C#N)cc2)C1. The summed E-state index contributed by atoms with van der Waals surface area (Å²) in [7, 11) is 0. The minimum atomic E-state index is 0.679. The van der Waals surface area contributed by atoms with Gasteiger partial charge in [0.25, 0.3) is 0 Å². The molecule has 1 aliphatic rings. The Kier molecular flexibility index (Phi) is 5.60. The van der Waals surface area contributed by atoms with Gasteiger partial charge in [0.05, 0.1) is 18.2 Å². The zero-order valence-electron chi connectivity index (χ0n) is 11.5. The molecule has 19 heavy (non-hydrogen) atoms. The van der Waals surface area contributed by atoms with Crippen molar-refractivity contribution >= 4 is 11.8 Å². The van der Waals surface area contributed by atoms with E-state index in [-0.39, 0.29) is 0 Å². The van der Waals surface area contributed by atoms with Crippen LogP contribution >= 0.6 is 11.8 Å². The molecule has 1 aliphatic carbocycles. The van der Waals surface area contributed by atoms with Crippen molar-refractivity contribution in [2.45, 2.75) is 37.9 Å². The van der Waals surface area contributed by atoms with Gasteiger partial charge in [-0.3, -0.25) is 0 Å². The van der Waals surface area contributed by atoms with Crippen LogP contribution in [-0.4, -0.2) is 17.6 Å². The van der Waals surface area contributed by atoms with Crippen LogP contribution in [-0.2, 0) is 0 Å². The molecule has 0 aromatic heterocycles. The highest BCUT2D eigenvalue weighted by atomic mass is 32.2. The molecule has 0 aliphatic heterocycles. The molecule has 0 N–H and O–H groups in total. The second-order valence-corrected chi connectivity index (χ2v) is 6.66. The second kappa shape index (κ2) is 7.45. The average molecular weight is 275 g/mol. The lowest BCUT2D eigenvalue weighted by Crippen LogP contribution is -2.16. The third kappa shape index (κ3) is 4.80. The molecule has 2 unspecified atom stereocenters. The first-order chi connectivity index (χ1) is 9.28. The summed E-state index contributed by atoms with van der Waals surface area (Å²) in [5.74, 6) is 2.81. The van der Waals surface area contributed by atoms with E-state index in [1.807, 2.05) is 12.1 Å². The standard InChI is InChI=1S/C16H21NOS/c1-13-3-2-4-16(11-13)19-10-9-18-15-7-5-14(12-17)6-8-15/h5-8,13,16H,2-4,9-11H2,1H3. The Bertz CT molecular complexity index is 423. The summed E-state index contributed by atoms with van der Waals surface area (Å²) < 4.78 is 5.69. The van der Waals surface area contributed by atoms with Crippen LogP contribution < -0.4 is 4.74 Å². The quantitative estimate of drug-likeness (QED) is 0.753. The van der Waals surface area contributed by atoms with Gasteiger partial charge in [-0.1, -0.05) is 19.8 Å². The Balaban J connectivity index is 1.64. The number of ether oxygens (including phenoxy) is 1. The van der Waals surface area contributed by atoms with Crippen molar-refractivity contribution in [1.82, 2.24) is 0 Å². The number of rotatable bonds is 5. The number of thioether (sulfide) groups is 1. The van der Waals surface area contributed by atoms with Gasteiger partial charge < -0.3 is 4.74 Å². The predicted octanol–water partition coefficient (Wildman–Crippen LogP) is 4.25. The van der Waals surface area contributed by atoms with E-state index in [0.29, 0.717) is 5.56 Å². The van der Waals surface area contributed by atoms with Crippen LogP contribution in [0.25, 0.3) is 0 Å². The van der Waals surface area contributed by atoms with Gasteiger partial charge in [-0.2, -0.15) is 17.0 Å². The zero-order valence-corrected chi connectivity index (χ0v) is 12.3. The maximum atomic E-state index is 8.71. The Morgan fingerprint density at radius 1 is 1.32 bits per heavy atom. The molecule has 0 spiro atoms. The van der Waals surface area contributed by atoms with Crippen LogP contribution in [0, 0.1) is 17.2 Å². The minimum Gasteiger partial charge on any atom is -0.493 e. The first-order valence-electron chi connectivity index (χ1n) is 7.02. The molecule has 1 aromatic carbocycles. The number of hydrogen-bond donors (Lipinski definition) is 0. The summed E-state index contributed by atoms with van der Waals surface area (Å²) in [5.41, 5.74) is 0.679. The third-order valence-corrected chi connectivity index (χ3v) is 4.88. The van der Waals surface area contributed by atoms with Crippen LogP contribution in [0.3, 0.4) is 0 Å². The second-order valence-electron chi connectivity index (χ2n) is 5.25. The van der Waals surface area contributed by atoms with Crippen LogP contribution in [0.4, 0.5) is 0 Å². The van der Waals surface area contributed by atoms with Crippen LogP contribution in [0.1, 0.15) is 38.2 Å². The molecule has 2 atom stereocenters. The molecule has 1 saturated carbocycles. The number of benzene rings is 1. The van der Waals surface area contributed by atoms with Gasteiger partial charge in [0.2, 0.25) is 0 Å². The van der Waals surface area contributed by atoms with Crippen molar-refractivity contribution in [3.63, 3.8) is 0 Å². The predicted molar refractivity (Wildman–Crippen MR) is 80.5 cm³/mol. The van der Waals surface area contributed by atoms with E-state index in [9.17, 15) is 0 Å². The maximum Gasteiger partial charge on any atom is 0.119 e. The van der Waals surface area contributed by atoms with Gasteiger partial charge in [0, 0.05) is 11.0 Å². The van der Waals surface area contributed by atoms with Crippen molar-refractivity contribution in [3.05, 3.63) is 29.8 Å². The van der Waals surface area contributed by atoms with Crippen LogP contribution in [0.5, 0.6) is 5.75 Å². The topological polar surface area (TPSA) is 33.0 Å². The number of nitriles is 1. The summed E-state index contributed by atoms with van der Waals surface area (Å²) in [6.07, 6.45) is 5.52. The van der Waals surface area contributed by atoms with Crippen molar-refractivity contribution in [2.75, 3.05) is 12.4 Å². The van der Waals surface area contributed by atoms with E-state index in [4.69, 9.17) is 10.00 Å². The third-order valence-electron chi connectivity index (χ3n) is 3.58. The normalized spacial score (nSPS) is 22.7. The summed E-state index contributed by atoms with van der Waals surface area (Å²) in [5, 5.41) is 9.54. The Morgan fingerprint density at radius 3 is 2.79 bits per heavy atom. The molecule has 3 heteroatoms. The number of hydrogen-bond acceptors (Lipinski definition) is 3. The molecule has 1 aromatic rings. The first-order valence-corrected chi connectivity index (χ1v) is 8.07. The van der Waals surface area contributed by atoms with Crippen LogP contribution in [0.2, 0.25) is 0 Å². The lowest BCUT2D eigenvalue weighted by molar-refractivity contribution is 0.342. The average Bonchev–Trinajstić information content (AvgIpc) is 2.44. The lowest BCUT2D eigenvalue weighted by Gasteiger charge is -2.26. The summed E-state index contributed by atoms with van der Waals surface area (Å²) in [6, 6.07) is 9.44. The van der Waals surface area contributed by atoms with Crippen molar-refractivity contribution in [1.29, 1.82) is 5.26 Å². The van der Waals surface area contributed by atoms with Gasteiger partial charge in [0.15, 0.2) is 0 Å². The highest BCUT2D eigenvalue weighted by molar-refractivity contribution is 7.99. The van der Waals surface area contributed by atoms with E-state index in [1.165, 1.54) is 25.7 Å². The van der Waals surface area contributed by atoms with E-state index >= 15 is 0 Å². The summed E-state index contributed by atoms with van der Waals surface area (Å²) >= 11 is 2.05. The Hall–Kier alpha value is -1.14. The zero-order chi connectivity index (χ0) is 13.5. The highest BCUT2D eigenvalue weighted by Gasteiger charge is 2.18. The highest BCUT2D eigenvalue weighted by Crippen LogP contribution is 2.31. The molecule has 0 bridgehead atoms. The van der Waals surface area contributed by atoms with Crippen LogP contribution in [0.15, 0.2) is 24.3 Å². The fourth-order valence-electron chi connectivity index (χ4n) is 2.53. The molecule has 1 fully saturated rings. The summed E-state index contributed by atoms with van der Waals surface area (Å²) in [6.45, 7) is 3.11. The fraction of sp³-hybridized carbons (Fsp3) is 0.562. The van der Waals surface area contributed by atoms with Gasteiger partial charge in [0.1, 0.15) is 5.75 Å². The molecule has 2 nitrogen and oxygen atoms in total. The largest absolute Gasteiger partial charge is 0.493 e. The lowest BCUT2D eigenvalue weighted by atomic mass is 9.91. The van der Waals surface area contributed by atoms with Gasteiger partial charge in [-0.25, -0.2) is 0 Å². The molecule has 0 saturated heterocycles. The Morgan fingerprint density at radius 2 is 2.11 bits per heavy atom. The molecule has 2 rings (SSSR count). The fourth-order valence-corrected chi connectivity index (χ4v) is 3.84. The van der Waals surface area contributed by atoms with Gasteiger partial charge in [-0.15, -0.1) is 0 Å². The van der Waals surface area contributed by atoms with E-state index in [0.717, 1.165) is 29.3 Å². The first kappa shape index (κ1) is 14.3. The van der Waals surface area contributed by atoms with Crippen molar-refractivity contribution in [2.24, 2.45) is 5.92 Å². The van der Waals surface area contributed by atoms with E-state index in [2.05, 4.69) is 24.8 Å². The molecule has 0 heterocycles. The smallest absolute Gasteiger partial charge is 0.119 e. The molecule has 0 amide bonds. The monoisotopic (exact) mass is 275 g/mol. The maximum absolute atomic E-state index is 8.71.